The number of pyridine rings is 2. The summed E-state index contributed by atoms with van der Waals surface area (Å²) in [6.07, 6.45) is -2.81. The molecule has 2 aliphatic heterocycles. The largest absolute Gasteiger partial charge is 0.433 e. The number of halogens is 5. The van der Waals surface area contributed by atoms with E-state index in [0.29, 0.717) is 18.2 Å². The minimum Gasteiger partial charge on any atom is -0.335 e. The van der Waals surface area contributed by atoms with Crippen LogP contribution < -0.4 is 5.69 Å². The van der Waals surface area contributed by atoms with Crippen molar-refractivity contribution in [2.75, 3.05) is 13.1 Å². The van der Waals surface area contributed by atoms with Gasteiger partial charge in [0.15, 0.2) is 11.3 Å². The fraction of sp³-hybridized carbons (Fsp3) is 0.476. The lowest BCUT2D eigenvalue weighted by atomic mass is 10.0. The van der Waals surface area contributed by atoms with Gasteiger partial charge in [-0.15, -0.1) is 0 Å². The maximum absolute atomic E-state index is 13.7. The van der Waals surface area contributed by atoms with Crippen LogP contribution in [0, 0.1) is 0 Å². The molecular formula is C21H19F5N6O2. The molecule has 3 aromatic heterocycles. The lowest BCUT2D eigenvalue weighted by Gasteiger charge is -2.27. The van der Waals surface area contributed by atoms with Gasteiger partial charge in [0.1, 0.15) is 11.9 Å². The zero-order chi connectivity index (χ0) is 24.3. The normalized spacial score (nSPS) is 20.0. The first-order valence-corrected chi connectivity index (χ1v) is 10.7. The first-order valence-electron chi connectivity index (χ1n) is 10.7. The molecule has 1 fully saturated rings. The van der Waals surface area contributed by atoms with Gasteiger partial charge in [-0.3, -0.25) is 9.36 Å². The first-order chi connectivity index (χ1) is 16.0. The highest BCUT2D eigenvalue weighted by Crippen LogP contribution is 2.33. The molecule has 2 aliphatic rings. The van der Waals surface area contributed by atoms with Crippen LogP contribution in [0.15, 0.2) is 29.2 Å². The minimum atomic E-state index is -4.79. The van der Waals surface area contributed by atoms with E-state index in [1.165, 1.54) is 12.3 Å². The molecule has 1 amide bonds. The van der Waals surface area contributed by atoms with Crippen LogP contribution in [0.4, 0.5) is 22.0 Å². The number of hydrogen-bond acceptors (Lipinski definition) is 5. The molecule has 1 saturated heterocycles. The molecule has 0 aliphatic carbocycles. The van der Waals surface area contributed by atoms with Crippen molar-refractivity contribution < 1.29 is 26.7 Å². The standard InChI is InChI=1S/C21H19F5N6O2/c22-20(23)6-8-30(11-20)18(33)14-4-1-5-15-29-31(19(34)32(14)15)10-13-9-12-3-2-7-27-17(12)28-16(13)21(24,25)26/h2-3,7,9,14H,1,4-6,8,10-11H2. The summed E-state index contributed by atoms with van der Waals surface area (Å²) in [5.41, 5.74) is -2.29. The van der Waals surface area contributed by atoms with Crippen LogP contribution in [-0.2, 0) is 23.9 Å². The highest BCUT2D eigenvalue weighted by molar-refractivity contribution is 5.81. The van der Waals surface area contributed by atoms with Crippen LogP contribution in [-0.4, -0.2) is 54.1 Å². The third-order valence-electron chi connectivity index (χ3n) is 6.15. The van der Waals surface area contributed by atoms with Crippen LogP contribution in [0.5, 0.6) is 0 Å². The Labute approximate surface area is 189 Å². The number of nitrogens with zero attached hydrogens (tertiary/aromatic N) is 6. The van der Waals surface area contributed by atoms with Gasteiger partial charge in [-0.05, 0) is 31.0 Å². The monoisotopic (exact) mass is 482 g/mol. The Morgan fingerprint density at radius 2 is 2.06 bits per heavy atom. The third kappa shape index (κ3) is 3.92. The quantitative estimate of drug-likeness (QED) is 0.536. The fourth-order valence-electron chi connectivity index (χ4n) is 4.58. The molecule has 0 saturated carbocycles. The molecule has 3 aromatic rings. The minimum absolute atomic E-state index is 0.0804. The number of amides is 1. The average Bonchev–Trinajstić information content (AvgIpc) is 3.31. The number of carbonyl (C=O) groups is 1. The first kappa shape index (κ1) is 22.4. The second kappa shape index (κ2) is 7.84. The molecule has 34 heavy (non-hydrogen) atoms. The van der Waals surface area contributed by atoms with Crippen molar-refractivity contribution in [3.05, 3.63) is 52.0 Å². The Morgan fingerprint density at radius 1 is 1.26 bits per heavy atom. The molecule has 180 valence electrons. The summed E-state index contributed by atoms with van der Waals surface area (Å²) >= 11 is 0. The van der Waals surface area contributed by atoms with Crippen LogP contribution >= 0.6 is 0 Å². The van der Waals surface area contributed by atoms with Gasteiger partial charge >= 0.3 is 11.9 Å². The molecular weight excluding hydrogens is 463 g/mol. The van der Waals surface area contributed by atoms with Gasteiger partial charge < -0.3 is 4.90 Å². The highest BCUT2D eigenvalue weighted by atomic mass is 19.4. The van der Waals surface area contributed by atoms with Crippen LogP contribution in [0.25, 0.3) is 11.0 Å². The number of fused-ring (bicyclic) bond motifs is 2. The van der Waals surface area contributed by atoms with Gasteiger partial charge in [0, 0.05) is 36.5 Å². The van der Waals surface area contributed by atoms with E-state index in [4.69, 9.17) is 0 Å². The summed E-state index contributed by atoms with van der Waals surface area (Å²) in [6.45, 7) is -1.35. The molecule has 0 aromatic carbocycles. The summed E-state index contributed by atoms with van der Waals surface area (Å²) < 4.78 is 70.3. The van der Waals surface area contributed by atoms with Crippen LogP contribution in [0.2, 0.25) is 0 Å². The third-order valence-corrected chi connectivity index (χ3v) is 6.15. The summed E-state index contributed by atoms with van der Waals surface area (Å²) in [4.78, 5) is 34.6. The smallest absolute Gasteiger partial charge is 0.335 e. The highest BCUT2D eigenvalue weighted by Gasteiger charge is 2.43. The lowest BCUT2D eigenvalue weighted by molar-refractivity contribution is -0.141. The van der Waals surface area contributed by atoms with Gasteiger partial charge in [0.25, 0.3) is 5.92 Å². The molecule has 0 N–H and O–H groups in total. The number of hydrogen-bond donors (Lipinski definition) is 0. The number of alkyl halides is 5. The number of rotatable bonds is 3. The fourth-order valence-corrected chi connectivity index (χ4v) is 4.58. The molecule has 0 radical (unpaired) electrons. The van der Waals surface area contributed by atoms with E-state index in [1.54, 1.807) is 12.1 Å². The molecule has 1 atom stereocenters. The van der Waals surface area contributed by atoms with E-state index in [9.17, 15) is 31.5 Å². The maximum atomic E-state index is 13.7. The van der Waals surface area contributed by atoms with E-state index in [2.05, 4.69) is 15.1 Å². The van der Waals surface area contributed by atoms with Crippen LogP contribution in [0.3, 0.4) is 0 Å². The number of carbonyl (C=O) groups excluding carboxylic acids is 1. The zero-order valence-electron chi connectivity index (χ0n) is 17.7. The Bertz CT molecular complexity index is 1330. The van der Waals surface area contributed by atoms with E-state index >= 15 is 0 Å². The van der Waals surface area contributed by atoms with Crippen LogP contribution in [0.1, 0.15) is 42.4 Å². The predicted octanol–water partition coefficient (Wildman–Crippen LogP) is 2.80. The zero-order valence-corrected chi connectivity index (χ0v) is 17.7. The van der Waals surface area contributed by atoms with Crippen molar-refractivity contribution in [1.29, 1.82) is 0 Å². The van der Waals surface area contributed by atoms with E-state index < -0.39 is 54.9 Å². The molecule has 0 bridgehead atoms. The van der Waals surface area contributed by atoms with Crippen molar-refractivity contribution in [3.8, 4) is 0 Å². The molecule has 5 heterocycles. The summed E-state index contributed by atoms with van der Waals surface area (Å²) in [5, 5.41) is 4.54. The van der Waals surface area contributed by atoms with Crippen molar-refractivity contribution in [2.24, 2.45) is 0 Å². The van der Waals surface area contributed by atoms with Crippen molar-refractivity contribution >= 4 is 16.9 Å². The van der Waals surface area contributed by atoms with Gasteiger partial charge in [0.2, 0.25) is 5.91 Å². The Morgan fingerprint density at radius 3 is 2.76 bits per heavy atom. The SMILES string of the molecule is O=C(C1CCCc2nn(Cc3cc4cccnc4nc3C(F)(F)F)c(=O)n21)N1CCC(F)(F)C1. The van der Waals surface area contributed by atoms with Gasteiger partial charge in [-0.2, -0.15) is 18.3 Å². The maximum Gasteiger partial charge on any atom is 0.433 e. The molecule has 5 rings (SSSR count). The van der Waals surface area contributed by atoms with Crippen molar-refractivity contribution in [2.45, 2.75) is 50.4 Å². The average molecular weight is 482 g/mol. The van der Waals surface area contributed by atoms with E-state index in [1.807, 2.05) is 0 Å². The number of likely N-dealkylation sites (tertiary alicyclic amines) is 1. The number of aryl methyl sites for hydroxylation is 1. The van der Waals surface area contributed by atoms with E-state index in [0.717, 1.165) is 14.1 Å². The summed E-state index contributed by atoms with van der Waals surface area (Å²) in [6, 6.07) is 3.36. The Hall–Kier alpha value is -3.38. The second-order valence-electron chi connectivity index (χ2n) is 8.54. The van der Waals surface area contributed by atoms with E-state index in [-0.39, 0.29) is 30.0 Å². The molecule has 1 unspecified atom stereocenters. The molecule has 8 nitrogen and oxygen atoms in total. The van der Waals surface area contributed by atoms with Crippen molar-refractivity contribution in [1.82, 2.24) is 29.2 Å². The predicted molar refractivity (Wildman–Crippen MR) is 108 cm³/mol. The Balaban J connectivity index is 1.51. The van der Waals surface area contributed by atoms with Gasteiger partial charge in [-0.25, -0.2) is 28.2 Å². The Kier molecular flexibility index (Phi) is 5.17. The molecule has 13 heteroatoms. The summed E-state index contributed by atoms with van der Waals surface area (Å²) in [7, 11) is 0. The molecule has 0 spiro atoms. The number of aromatic nitrogens is 5. The second-order valence-corrected chi connectivity index (χ2v) is 8.54. The lowest BCUT2D eigenvalue weighted by Crippen LogP contribution is -2.42. The topological polar surface area (TPSA) is 85.9 Å². The van der Waals surface area contributed by atoms with Gasteiger partial charge in [0.05, 0.1) is 13.1 Å². The van der Waals surface area contributed by atoms with Crippen molar-refractivity contribution in [3.63, 3.8) is 0 Å². The van der Waals surface area contributed by atoms with Gasteiger partial charge in [-0.1, -0.05) is 0 Å². The summed E-state index contributed by atoms with van der Waals surface area (Å²) in [5.74, 6) is -3.34.